The average Bonchev–Trinajstić information content (AvgIpc) is 2.62. The molecule has 0 saturated heterocycles. The lowest BCUT2D eigenvalue weighted by Crippen LogP contribution is -2.44. The van der Waals surface area contributed by atoms with E-state index in [1.807, 2.05) is 48.5 Å². The highest BCUT2D eigenvalue weighted by Gasteiger charge is 2.28. The topological polar surface area (TPSA) is 67.4 Å². The predicted octanol–water partition coefficient (Wildman–Crippen LogP) is 4.06. The van der Waals surface area contributed by atoms with Crippen molar-refractivity contribution in [2.75, 3.05) is 7.11 Å². The van der Waals surface area contributed by atoms with Crippen LogP contribution >= 0.6 is 11.8 Å². The smallest absolute Gasteiger partial charge is 0.319 e. The van der Waals surface area contributed by atoms with Gasteiger partial charge in [0.25, 0.3) is 0 Å². The molecule has 2 aromatic rings. The number of urea groups is 1. The molecule has 0 fully saturated rings. The Morgan fingerprint density at radius 2 is 1.62 bits per heavy atom. The number of hydrogen-bond donors (Lipinski definition) is 2. The van der Waals surface area contributed by atoms with Gasteiger partial charge < -0.3 is 15.4 Å². The molecular formula is C20H20N2O3S. The Labute approximate surface area is 156 Å². The molecule has 1 unspecified atom stereocenters. The van der Waals surface area contributed by atoms with E-state index in [1.54, 1.807) is 25.8 Å². The molecule has 1 aliphatic heterocycles. The molecule has 2 aromatic carbocycles. The second-order valence-corrected chi connectivity index (χ2v) is 7.12. The zero-order valence-corrected chi connectivity index (χ0v) is 15.6. The highest BCUT2D eigenvalue weighted by molar-refractivity contribution is 7.99. The van der Waals surface area contributed by atoms with Crippen LogP contribution in [-0.4, -0.2) is 18.9 Å². The number of nitrogens with one attached hydrogen (secondary N) is 2. The van der Waals surface area contributed by atoms with Crippen molar-refractivity contribution in [3.63, 3.8) is 0 Å². The molecule has 1 heterocycles. The predicted molar refractivity (Wildman–Crippen MR) is 101 cm³/mol. The van der Waals surface area contributed by atoms with Crippen LogP contribution < -0.4 is 15.4 Å². The van der Waals surface area contributed by atoms with Gasteiger partial charge in [-0.1, -0.05) is 23.9 Å². The van der Waals surface area contributed by atoms with Gasteiger partial charge in [-0.15, -0.1) is 0 Å². The second kappa shape index (κ2) is 7.66. The van der Waals surface area contributed by atoms with Gasteiger partial charge in [0, 0.05) is 21.1 Å². The summed E-state index contributed by atoms with van der Waals surface area (Å²) in [5.41, 5.74) is 2.06. The standard InChI is InChI=1S/C20H20N2O3S/c1-12-18(13(2)23)19(22-20(24)21-12)14-4-8-16(9-5-14)26-17-10-6-15(25-3)7-11-17/h4-11,19H,1-3H3,(H2,21,22,24). The zero-order valence-electron chi connectivity index (χ0n) is 14.8. The van der Waals surface area contributed by atoms with E-state index in [1.165, 1.54) is 6.92 Å². The summed E-state index contributed by atoms with van der Waals surface area (Å²) < 4.78 is 5.17. The molecule has 134 valence electrons. The summed E-state index contributed by atoms with van der Waals surface area (Å²) in [6, 6.07) is 15.0. The molecule has 2 N–H and O–H groups in total. The minimum absolute atomic E-state index is 0.0586. The summed E-state index contributed by atoms with van der Waals surface area (Å²) in [6.45, 7) is 3.26. The fourth-order valence-corrected chi connectivity index (χ4v) is 3.74. The molecule has 0 saturated carbocycles. The Morgan fingerprint density at radius 1 is 1.04 bits per heavy atom. The lowest BCUT2D eigenvalue weighted by Gasteiger charge is -2.28. The third-order valence-electron chi connectivity index (χ3n) is 4.16. The van der Waals surface area contributed by atoms with E-state index < -0.39 is 6.04 Å². The molecule has 6 heteroatoms. The molecule has 1 aliphatic rings. The first-order valence-electron chi connectivity index (χ1n) is 8.19. The number of Topliss-reactive ketones (excluding diaryl/α,β-unsaturated/α-hetero) is 1. The van der Waals surface area contributed by atoms with E-state index in [2.05, 4.69) is 10.6 Å². The quantitative estimate of drug-likeness (QED) is 0.835. The Balaban J connectivity index is 1.81. The van der Waals surface area contributed by atoms with Crippen molar-refractivity contribution < 1.29 is 14.3 Å². The van der Waals surface area contributed by atoms with Crippen LogP contribution in [0, 0.1) is 0 Å². The molecule has 0 radical (unpaired) electrons. The Kier molecular flexibility index (Phi) is 5.32. The van der Waals surface area contributed by atoms with Gasteiger partial charge in [-0.05, 0) is 55.8 Å². The van der Waals surface area contributed by atoms with Crippen molar-refractivity contribution in [3.8, 4) is 5.75 Å². The lowest BCUT2D eigenvalue weighted by molar-refractivity contribution is -0.114. The number of ether oxygens (including phenoxy) is 1. The summed E-state index contributed by atoms with van der Waals surface area (Å²) in [7, 11) is 1.64. The molecular weight excluding hydrogens is 348 g/mol. The third-order valence-corrected chi connectivity index (χ3v) is 5.17. The Bertz CT molecular complexity index is 858. The summed E-state index contributed by atoms with van der Waals surface area (Å²) >= 11 is 1.64. The van der Waals surface area contributed by atoms with Crippen LogP contribution in [0.5, 0.6) is 5.75 Å². The first-order valence-corrected chi connectivity index (χ1v) is 9.00. The molecule has 26 heavy (non-hydrogen) atoms. The zero-order chi connectivity index (χ0) is 18.7. The van der Waals surface area contributed by atoms with Crippen LogP contribution in [0.3, 0.4) is 0 Å². The van der Waals surface area contributed by atoms with Crippen LogP contribution in [0.25, 0.3) is 0 Å². The number of benzene rings is 2. The van der Waals surface area contributed by atoms with E-state index in [4.69, 9.17) is 4.74 Å². The van der Waals surface area contributed by atoms with Gasteiger partial charge >= 0.3 is 6.03 Å². The maximum atomic E-state index is 12.0. The largest absolute Gasteiger partial charge is 0.497 e. The van der Waals surface area contributed by atoms with Gasteiger partial charge in [0.15, 0.2) is 5.78 Å². The number of allylic oxidation sites excluding steroid dienone is 1. The average molecular weight is 368 g/mol. The van der Waals surface area contributed by atoms with Gasteiger partial charge in [0.1, 0.15) is 5.75 Å². The molecule has 3 rings (SSSR count). The highest BCUT2D eigenvalue weighted by atomic mass is 32.2. The Morgan fingerprint density at radius 3 is 2.15 bits per heavy atom. The van der Waals surface area contributed by atoms with Crippen LogP contribution in [0.15, 0.2) is 69.6 Å². The number of ketones is 1. The van der Waals surface area contributed by atoms with Crippen molar-refractivity contribution in [1.29, 1.82) is 0 Å². The molecule has 0 aromatic heterocycles. The van der Waals surface area contributed by atoms with Crippen molar-refractivity contribution in [1.82, 2.24) is 10.6 Å². The van der Waals surface area contributed by atoms with Crippen molar-refractivity contribution >= 4 is 23.6 Å². The maximum absolute atomic E-state index is 12.0. The molecule has 0 aliphatic carbocycles. The van der Waals surface area contributed by atoms with Crippen molar-refractivity contribution in [2.24, 2.45) is 0 Å². The van der Waals surface area contributed by atoms with Crippen LogP contribution in [0.4, 0.5) is 4.79 Å². The molecule has 1 atom stereocenters. The highest BCUT2D eigenvalue weighted by Crippen LogP contribution is 2.32. The van der Waals surface area contributed by atoms with Gasteiger partial charge in [-0.25, -0.2) is 4.79 Å². The van der Waals surface area contributed by atoms with Crippen LogP contribution in [-0.2, 0) is 4.79 Å². The van der Waals surface area contributed by atoms with E-state index in [0.29, 0.717) is 11.3 Å². The number of hydrogen-bond acceptors (Lipinski definition) is 4. The van der Waals surface area contributed by atoms with Gasteiger partial charge in [0.05, 0.1) is 13.2 Å². The van der Waals surface area contributed by atoms with Crippen molar-refractivity contribution in [2.45, 2.75) is 29.7 Å². The normalized spacial score (nSPS) is 16.7. The summed E-state index contributed by atoms with van der Waals surface area (Å²) in [4.78, 5) is 26.0. The number of carbonyl (C=O) groups excluding carboxylic acids is 2. The molecule has 0 bridgehead atoms. The monoisotopic (exact) mass is 368 g/mol. The van der Waals surface area contributed by atoms with E-state index in [-0.39, 0.29) is 11.8 Å². The number of amides is 2. The minimum Gasteiger partial charge on any atom is -0.497 e. The lowest BCUT2D eigenvalue weighted by atomic mass is 9.93. The Hall–Kier alpha value is -2.73. The van der Waals surface area contributed by atoms with E-state index in [9.17, 15) is 9.59 Å². The number of carbonyl (C=O) groups is 2. The van der Waals surface area contributed by atoms with E-state index in [0.717, 1.165) is 21.1 Å². The fourth-order valence-electron chi connectivity index (χ4n) is 2.92. The van der Waals surface area contributed by atoms with Crippen LogP contribution in [0.1, 0.15) is 25.5 Å². The molecule has 0 spiro atoms. The molecule has 5 nitrogen and oxygen atoms in total. The minimum atomic E-state index is -0.429. The first kappa shape index (κ1) is 18.1. The third kappa shape index (κ3) is 3.91. The van der Waals surface area contributed by atoms with Crippen molar-refractivity contribution in [3.05, 3.63) is 65.4 Å². The maximum Gasteiger partial charge on any atom is 0.319 e. The summed E-state index contributed by atoms with van der Waals surface area (Å²) in [5, 5.41) is 5.49. The van der Waals surface area contributed by atoms with E-state index >= 15 is 0 Å². The number of rotatable bonds is 5. The summed E-state index contributed by atoms with van der Waals surface area (Å²) in [5.74, 6) is 0.766. The second-order valence-electron chi connectivity index (χ2n) is 5.97. The first-order chi connectivity index (χ1) is 12.5. The number of methoxy groups -OCH3 is 1. The van der Waals surface area contributed by atoms with Gasteiger partial charge in [0.2, 0.25) is 0 Å². The van der Waals surface area contributed by atoms with Gasteiger partial charge in [-0.2, -0.15) is 0 Å². The molecule has 2 amide bonds. The van der Waals surface area contributed by atoms with Crippen LogP contribution in [0.2, 0.25) is 0 Å². The summed E-state index contributed by atoms with van der Waals surface area (Å²) in [6.07, 6.45) is 0. The fraction of sp³-hybridized carbons (Fsp3) is 0.200. The SMILES string of the molecule is COc1ccc(Sc2ccc(C3NC(=O)NC(C)=C3C(C)=O)cc2)cc1. The van der Waals surface area contributed by atoms with Gasteiger partial charge in [-0.3, -0.25) is 4.79 Å².